The van der Waals surface area contributed by atoms with Crippen LogP contribution in [0.1, 0.15) is 115 Å². The van der Waals surface area contributed by atoms with Crippen LogP contribution >= 0.6 is 23.2 Å². The van der Waals surface area contributed by atoms with Gasteiger partial charge in [-0.1, -0.05) is 53.7 Å². The third-order valence-electron chi connectivity index (χ3n) is 12.3. The summed E-state index contributed by atoms with van der Waals surface area (Å²) >= 11 is 12.5. The Morgan fingerprint density at radius 3 is 2.65 bits per heavy atom. The normalized spacial score (nSPS) is 18.2. The second-order valence-corrected chi connectivity index (χ2v) is 17.7. The van der Waals surface area contributed by atoms with E-state index >= 15 is 0 Å². The number of ether oxygens (including phenoxy) is 1. The molecule has 342 valence electrons. The number of aromatic nitrogens is 6. The number of imide groups is 2. The Morgan fingerprint density at radius 2 is 1.80 bits per heavy atom. The van der Waals surface area contributed by atoms with Crippen LogP contribution in [0.15, 0.2) is 61.2 Å². The summed E-state index contributed by atoms with van der Waals surface area (Å²) in [7, 11) is 0. The number of unbranched alkanes of at least 4 members (excludes halogenated alkanes) is 4. The van der Waals surface area contributed by atoms with Crippen LogP contribution in [-0.4, -0.2) is 95.4 Å². The molecule has 2 saturated heterocycles. The van der Waals surface area contributed by atoms with Crippen molar-refractivity contribution in [3.8, 4) is 16.9 Å². The Hall–Kier alpha value is -5.91. The van der Waals surface area contributed by atoms with E-state index in [1.165, 1.54) is 12.1 Å². The lowest BCUT2D eigenvalue weighted by molar-refractivity contribution is -0.136. The van der Waals surface area contributed by atoms with Crippen molar-refractivity contribution in [2.75, 3.05) is 37.2 Å². The van der Waals surface area contributed by atoms with Gasteiger partial charge in [0.1, 0.15) is 18.0 Å². The number of carbonyl (C=O) groups excluding carboxylic acids is 4. The zero-order chi connectivity index (χ0) is 45.6. The molecule has 65 heavy (non-hydrogen) atoms. The van der Waals surface area contributed by atoms with Crippen LogP contribution in [0, 0.1) is 5.82 Å². The monoisotopic (exact) mass is 927 g/mol. The Bertz CT molecular complexity index is 2570. The summed E-state index contributed by atoms with van der Waals surface area (Å²) in [6, 6.07) is 8.80. The number of fused-ring (bicyclic) bond motifs is 1. The fraction of sp³-hybridized carbons (Fsp3) is 0.435. The number of aryl methyl sites for hydroxylation is 2. The molecule has 3 atom stereocenters. The average molecular weight is 929 g/mol. The van der Waals surface area contributed by atoms with E-state index in [4.69, 9.17) is 38.8 Å². The van der Waals surface area contributed by atoms with Crippen LogP contribution < -0.4 is 21.1 Å². The van der Waals surface area contributed by atoms with Crippen molar-refractivity contribution >= 4 is 58.3 Å². The molecule has 6 heterocycles. The van der Waals surface area contributed by atoms with E-state index in [-0.39, 0.29) is 40.9 Å². The van der Waals surface area contributed by atoms with E-state index in [0.717, 1.165) is 106 Å². The van der Waals surface area contributed by atoms with Gasteiger partial charge in [0.25, 0.3) is 11.8 Å². The van der Waals surface area contributed by atoms with Gasteiger partial charge in [0.15, 0.2) is 11.6 Å². The van der Waals surface area contributed by atoms with E-state index in [2.05, 4.69) is 37.0 Å². The molecule has 3 unspecified atom stereocenters. The highest BCUT2D eigenvalue weighted by Gasteiger charge is 2.45. The number of nitrogens with zero attached hydrogens (tertiary/aromatic N) is 8. The van der Waals surface area contributed by atoms with Gasteiger partial charge in [0.2, 0.25) is 11.8 Å². The van der Waals surface area contributed by atoms with E-state index in [1.54, 1.807) is 37.4 Å². The van der Waals surface area contributed by atoms with Crippen molar-refractivity contribution in [2.45, 2.75) is 102 Å². The number of anilines is 2. The summed E-state index contributed by atoms with van der Waals surface area (Å²) < 4.78 is 24.2. The zero-order valence-electron chi connectivity index (χ0n) is 36.1. The number of nitrogen functional groups attached to an aromatic ring is 1. The molecule has 0 radical (unpaired) electrons. The predicted octanol–water partition coefficient (Wildman–Crippen LogP) is 7.44. The summed E-state index contributed by atoms with van der Waals surface area (Å²) in [6.07, 6.45) is 16.0. The van der Waals surface area contributed by atoms with Crippen LogP contribution in [0.4, 0.5) is 15.9 Å². The van der Waals surface area contributed by atoms with E-state index in [1.807, 2.05) is 21.8 Å². The number of pyridine rings is 1. The number of amides is 4. The molecule has 4 N–H and O–H groups in total. The molecular weight excluding hydrogens is 876 g/mol. The highest BCUT2D eigenvalue weighted by molar-refractivity contribution is 6.36. The topological polar surface area (TPSA) is 195 Å². The molecule has 4 amide bonds. The lowest BCUT2D eigenvalue weighted by atomic mass is 10.0. The number of rotatable bonds is 19. The van der Waals surface area contributed by atoms with Crippen molar-refractivity contribution in [2.24, 2.45) is 0 Å². The maximum atomic E-state index is 14.2. The standard InChI is InChI=1S/C46H52Cl2FN11O5/c1-28(40-34(47)14-15-35(49)42(40)48)65-38-22-29(23-52-43(38)50)30-24-53-59(25-30)32-11-9-20-57(27-32)19-8-10-31-26-58(56-55-31)21-6-4-2-3-5-18-51-36-13-7-12-33-41(36)46(64)60(45(33)63)37-16-17-39(61)54-44(37)62/h7,12-15,22-26,28,32,37,51H,2-6,8-11,16-21,27H2,1H3,(H2,50,52)(H,54,61,62). The van der Waals surface area contributed by atoms with Crippen LogP contribution in [0.3, 0.4) is 0 Å². The number of likely N-dealkylation sites (tertiary alicyclic amines) is 1. The number of carbonyl (C=O) groups is 4. The first-order chi connectivity index (χ1) is 31.4. The zero-order valence-corrected chi connectivity index (χ0v) is 37.7. The van der Waals surface area contributed by atoms with E-state index < -0.39 is 41.6 Å². The molecule has 16 nitrogen and oxygen atoms in total. The Balaban J connectivity index is 0.726. The van der Waals surface area contributed by atoms with Crippen LogP contribution in [0.5, 0.6) is 5.75 Å². The molecule has 0 aliphatic carbocycles. The highest BCUT2D eigenvalue weighted by Crippen LogP contribution is 2.38. The Morgan fingerprint density at radius 1 is 0.969 bits per heavy atom. The summed E-state index contributed by atoms with van der Waals surface area (Å²) in [6.45, 7) is 6.05. The number of hydrogen-bond acceptors (Lipinski definition) is 12. The largest absolute Gasteiger partial charge is 0.482 e. The smallest absolute Gasteiger partial charge is 0.264 e. The second kappa shape index (κ2) is 20.5. The lowest BCUT2D eigenvalue weighted by Crippen LogP contribution is -2.54. The van der Waals surface area contributed by atoms with Gasteiger partial charge in [-0.05, 0) is 95.3 Å². The summed E-state index contributed by atoms with van der Waals surface area (Å²) in [5.41, 5.74) is 10.3. The molecule has 5 aromatic rings. The number of benzene rings is 2. The third kappa shape index (κ3) is 10.5. The van der Waals surface area contributed by atoms with Crippen LogP contribution in [0.2, 0.25) is 10.0 Å². The van der Waals surface area contributed by atoms with Crippen LogP contribution in [0.25, 0.3) is 11.1 Å². The molecule has 3 aromatic heterocycles. The summed E-state index contributed by atoms with van der Waals surface area (Å²) in [5.74, 6) is -2.10. The molecule has 0 spiro atoms. The van der Waals surface area contributed by atoms with Crippen molar-refractivity contribution in [3.05, 3.63) is 99.4 Å². The fourth-order valence-corrected chi connectivity index (χ4v) is 9.55. The third-order valence-corrected chi connectivity index (χ3v) is 13.0. The number of halogens is 3. The fourth-order valence-electron chi connectivity index (χ4n) is 8.87. The number of nitrogens with two attached hydrogens (primary N) is 1. The first-order valence-corrected chi connectivity index (χ1v) is 23.0. The van der Waals surface area contributed by atoms with Gasteiger partial charge in [0, 0.05) is 72.0 Å². The van der Waals surface area contributed by atoms with Crippen molar-refractivity contribution in [3.63, 3.8) is 0 Å². The minimum Gasteiger partial charge on any atom is -0.482 e. The molecule has 0 bridgehead atoms. The minimum absolute atomic E-state index is 0.0816. The molecule has 19 heteroatoms. The van der Waals surface area contributed by atoms with Crippen molar-refractivity contribution < 1.29 is 28.3 Å². The second-order valence-electron chi connectivity index (χ2n) is 16.9. The highest BCUT2D eigenvalue weighted by atomic mass is 35.5. The van der Waals surface area contributed by atoms with Crippen molar-refractivity contribution in [1.29, 1.82) is 0 Å². The lowest BCUT2D eigenvalue weighted by Gasteiger charge is -2.32. The molecular formula is C46H52Cl2FN11O5. The summed E-state index contributed by atoms with van der Waals surface area (Å²) in [4.78, 5) is 58.3. The first-order valence-electron chi connectivity index (χ1n) is 22.2. The maximum absolute atomic E-state index is 14.2. The van der Waals surface area contributed by atoms with Crippen LogP contribution in [-0.2, 0) is 22.6 Å². The average Bonchev–Trinajstić information content (AvgIpc) is 4.03. The molecule has 8 rings (SSSR count). The number of nitrogens with one attached hydrogen (secondary N) is 2. The van der Waals surface area contributed by atoms with Gasteiger partial charge in [-0.25, -0.2) is 9.37 Å². The van der Waals surface area contributed by atoms with E-state index in [9.17, 15) is 23.6 Å². The molecule has 3 aliphatic rings. The van der Waals surface area contributed by atoms with Gasteiger partial charge >= 0.3 is 0 Å². The minimum atomic E-state index is -0.988. The molecule has 0 saturated carbocycles. The maximum Gasteiger partial charge on any atom is 0.264 e. The molecule has 2 fully saturated rings. The van der Waals surface area contributed by atoms with Crippen molar-refractivity contribution in [1.82, 2.24) is 44.9 Å². The van der Waals surface area contributed by atoms with Gasteiger partial charge < -0.3 is 20.7 Å². The first kappa shape index (κ1) is 45.7. The summed E-state index contributed by atoms with van der Waals surface area (Å²) in [5, 5.41) is 19.3. The predicted molar refractivity (Wildman–Crippen MR) is 243 cm³/mol. The molecule has 2 aromatic carbocycles. The van der Waals surface area contributed by atoms with Gasteiger partial charge in [0.05, 0.1) is 34.1 Å². The molecule has 3 aliphatic heterocycles. The Labute approximate surface area is 386 Å². The quantitative estimate of drug-likeness (QED) is 0.0422. The Kier molecular flexibility index (Phi) is 14.4. The number of piperidine rings is 2. The van der Waals surface area contributed by atoms with E-state index in [0.29, 0.717) is 28.6 Å². The SMILES string of the molecule is CC(Oc1cc(-c2cnn(C3CCCN(CCCc4cn(CCCCCCCNc5cccc6c5C(=O)N(C5CCC(=O)NC5=O)C6=O)nn4)C3)c2)cnc1N)c1c(Cl)ccc(F)c1Cl. The van der Waals surface area contributed by atoms with Gasteiger partial charge in [-0.2, -0.15) is 5.10 Å². The number of hydrogen-bond donors (Lipinski definition) is 3. The van der Waals surface area contributed by atoms with Gasteiger partial charge in [-0.3, -0.25) is 38.8 Å². The van der Waals surface area contributed by atoms with Gasteiger partial charge in [-0.15, -0.1) is 5.10 Å².